The van der Waals surface area contributed by atoms with E-state index in [1.54, 1.807) is 11.4 Å². The smallest absolute Gasteiger partial charge is 0.211 e. The van der Waals surface area contributed by atoms with E-state index in [4.69, 9.17) is 4.74 Å². The van der Waals surface area contributed by atoms with Gasteiger partial charge in [-0.1, -0.05) is 27.7 Å². The zero-order chi connectivity index (χ0) is 14.9. The maximum Gasteiger partial charge on any atom is 0.211 e. The number of ether oxygens (including phenoxy) is 1. The minimum absolute atomic E-state index is 0.0150. The van der Waals surface area contributed by atoms with E-state index in [0.29, 0.717) is 13.1 Å². The number of methoxy groups -OCH3 is 1. The van der Waals surface area contributed by atoms with E-state index in [9.17, 15) is 8.42 Å². The molecular weight excluding hydrogens is 262 g/mol. The normalized spacial score (nSPS) is 38.1. The fourth-order valence-corrected chi connectivity index (χ4v) is 4.19. The third-order valence-corrected chi connectivity index (χ3v) is 6.17. The lowest BCUT2D eigenvalue weighted by atomic mass is 9.68. The van der Waals surface area contributed by atoms with E-state index in [2.05, 4.69) is 27.7 Å². The molecule has 0 radical (unpaired) electrons. The van der Waals surface area contributed by atoms with Gasteiger partial charge in [0, 0.05) is 20.2 Å². The van der Waals surface area contributed by atoms with Gasteiger partial charge in [0.05, 0.1) is 12.4 Å². The molecule has 1 saturated heterocycles. The van der Waals surface area contributed by atoms with Gasteiger partial charge in [-0.3, -0.25) is 0 Å². The summed E-state index contributed by atoms with van der Waals surface area (Å²) >= 11 is 0. The molecule has 0 aromatic heterocycles. The van der Waals surface area contributed by atoms with E-state index < -0.39 is 10.0 Å². The largest absolute Gasteiger partial charge is 0.380 e. The van der Waals surface area contributed by atoms with Crippen molar-refractivity contribution in [3.05, 3.63) is 0 Å². The van der Waals surface area contributed by atoms with Crippen LogP contribution in [-0.4, -0.2) is 45.3 Å². The van der Waals surface area contributed by atoms with Crippen molar-refractivity contribution in [2.24, 2.45) is 10.8 Å². The van der Waals surface area contributed by atoms with Gasteiger partial charge in [-0.2, -0.15) is 4.31 Å². The predicted molar refractivity (Wildman–Crippen MR) is 78.6 cm³/mol. The molecule has 114 valence electrons. The van der Waals surface area contributed by atoms with Gasteiger partial charge in [0.25, 0.3) is 0 Å². The van der Waals surface area contributed by atoms with Gasteiger partial charge in [0.2, 0.25) is 10.0 Å². The molecule has 0 bridgehead atoms. The van der Waals surface area contributed by atoms with E-state index in [1.807, 2.05) is 0 Å². The third kappa shape index (κ3) is 3.70. The van der Waals surface area contributed by atoms with Crippen LogP contribution in [0.2, 0.25) is 0 Å². The Bertz CT molecular complexity index is 409. The summed E-state index contributed by atoms with van der Waals surface area (Å²) in [6.07, 6.45) is 4.23. The Hall–Kier alpha value is -0.130. The summed E-state index contributed by atoms with van der Waals surface area (Å²) in [6.45, 7) is 9.78. The summed E-state index contributed by atoms with van der Waals surface area (Å²) in [7, 11) is -1.49. The Labute approximate surface area is 118 Å². The quantitative estimate of drug-likeness (QED) is 0.799. The molecular formula is C14H29NO3S. The molecule has 1 aliphatic heterocycles. The molecule has 4 nitrogen and oxygen atoms in total. The lowest BCUT2D eigenvalue weighted by Gasteiger charge is -2.39. The van der Waals surface area contributed by atoms with Crippen LogP contribution < -0.4 is 0 Å². The molecule has 1 aliphatic rings. The maximum absolute atomic E-state index is 12.0. The summed E-state index contributed by atoms with van der Waals surface area (Å²) in [4.78, 5) is 0. The molecule has 0 aromatic rings. The molecule has 0 amide bonds. The number of sulfonamides is 1. The molecule has 1 heterocycles. The first-order valence-electron chi connectivity index (χ1n) is 7.08. The average molecular weight is 291 g/mol. The van der Waals surface area contributed by atoms with Gasteiger partial charge in [-0.25, -0.2) is 8.42 Å². The highest BCUT2D eigenvalue weighted by Gasteiger charge is 2.45. The maximum atomic E-state index is 12.0. The van der Waals surface area contributed by atoms with Gasteiger partial charge >= 0.3 is 0 Å². The summed E-state index contributed by atoms with van der Waals surface area (Å²) < 4.78 is 31.2. The first-order chi connectivity index (χ1) is 8.60. The lowest BCUT2D eigenvalue weighted by molar-refractivity contribution is -0.0185. The molecule has 3 atom stereocenters. The van der Waals surface area contributed by atoms with Gasteiger partial charge in [0.1, 0.15) is 0 Å². The molecule has 5 heteroatoms. The highest BCUT2D eigenvalue weighted by molar-refractivity contribution is 7.88. The predicted octanol–water partition coefficient (Wildman–Crippen LogP) is 2.50. The Morgan fingerprint density at radius 2 is 1.84 bits per heavy atom. The van der Waals surface area contributed by atoms with Crippen LogP contribution in [0.5, 0.6) is 0 Å². The second-order valence-electron chi connectivity index (χ2n) is 6.63. The minimum Gasteiger partial charge on any atom is -0.380 e. The van der Waals surface area contributed by atoms with Crippen molar-refractivity contribution >= 4 is 10.0 Å². The monoisotopic (exact) mass is 291 g/mol. The summed E-state index contributed by atoms with van der Waals surface area (Å²) in [5, 5.41) is 0. The Morgan fingerprint density at radius 1 is 1.26 bits per heavy atom. The van der Waals surface area contributed by atoms with Crippen LogP contribution in [0.25, 0.3) is 0 Å². The molecule has 0 N–H and O–H groups in total. The van der Waals surface area contributed by atoms with Crippen molar-refractivity contribution < 1.29 is 13.2 Å². The van der Waals surface area contributed by atoms with Crippen LogP contribution in [0.4, 0.5) is 0 Å². The van der Waals surface area contributed by atoms with Gasteiger partial charge in [0.15, 0.2) is 0 Å². The molecule has 0 spiro atoms. The first-order valence-corrected chi connectivity index (χ1v) is 8.93. The van der Waals surface area contributed by atoms with Crippen molar-refractivity contribution in [2.75, 3.05) is 26.5 Å². The average Bonchev–Trinajstić information content (AvgIpc) is 2.44. The second kappa shape index (κ2) is 5.70. The Morgan fingerprint density at radius 3 is 2.21 bits per heavy atom. The lowest BCUT2D eigenvalue weighted by Crippen LogP contribution is -2.42. The molecule has 1 fully saturated rings. The van der Waals surface area contributed by atoms with Gasteiger partial charge < -0.3 is 4.74 Å². The van der Waals surface area contributed by atoms with Crippen LogP contribution in [0.1, 0.15) is 47.0 Å². The summed E-state index contributed by atoms with van der Waals surface area (Å²) in [5.74, 6) is 0. The van der Waals surface area contributed by atoms with Crippen molar-refractivity contribution in [1.29, 1.82) is 0 Å². The molecule has 3 unspecified atom stereocenters. The fourth-order valence-electron chi connectivity index (χ4n) is 3.24. The molecule has 0 aromatic carbocycles. The second-order valence-corrected chi connectivity index (χ2v) is 8.61. The van der Waals surface area contributed by atoms with Crippen LogP contribution in [0, 0.1) is 10.8 Å². The molecule has 0 aliphatic carbocycles. The van der Waals surface area contributed by atoms with E-state index >= 15 is 0 Å². The van der Waals surface area contributed by atoms with E-state index in [0.717, 1.165) is 19.3 Å². The zero-order valence-corrected chi connectivity index (χ0v) is 14.0. The third-order valence-electron chi connectivity index (χ3n) is 4.95. The number of rotatable bonds is 4. The standard InChI is InChI=1S/C14H29NO3S/c1-7-13(3)10-14(4,8-2)12(18-5)9-15(11-13)19(6,16)17/h12H,7-11H2,1-6H3. The van der Waals surface area contributed by atoms with E-state index in [-0.39, 0.29) is 16.9 Å². The minimum atomic E-state index is -3.18. The highest BCUT2D eigenvalue weighted by Crippen LogP contribution is 2.45. The molecule has 0 saturated carbocycles. The Balaban J connectivity index is 3.20. The Kier molecular flexibility index (Phi) is 5.08. The van der Waals surface area contributed by atoms with Gasteiger partial charge in [-0.05, 0) is 30.1 Å². The molecule has 19 heavy (non-hydrogen) atoms. The van der Waals surface area contributed by atoms with Crippen LogP contribution >= 0.6 is 0 Å². The van der Waals surface area contributed by atoms with Crippen molar-refractivity contribution in [3.63, 3.8) is 0 Å². The zero-order valence-electron chi connectivity index (χ0n) is 13.2. The molecule has 1 rings (SSSR count). The number of hydrogen-bond acceptors (Lipinski definition) is 3. The first kappa shape index (κ1) is 16.9. The number of hydrogen-bond donors (Lipinski definition) is 0. The van der Waals surface area contributed by atoms with E-state index in [1.165, 1.54) is 6.26 Å². The van der Waals surface area contributed by atoms with Crippen LogP contribution in [0.3, 0.4) is 0 Å². The summed E-state index contributed by atoms with van der Waals surface area (Å²) in [6, 6.07) is 0. The SMILES string of the molecule is CCC1(C)CN(S(C)(=O)=O)CC(OC)C(C)(CC)C1. The van der Waals surface area contributed by atoms with Crippen molar-refractivity contribution in [2.45, 2.75) is 53.1 Å². The number of nitrogens with zero attached hydrogens (tertiary/aromatic N) is 1. The van der Waals surface area contributed by atoms with Gasteiger partial charge in [-0.15, -0.1) is 0 Å². The highest BCUT2D eigenvalue weighted by atomic mass is 32.2. The summed E-state index contributed by atoms with van der Waals surface area (Å²) in [5.41, 5.74) is 0.0417. The van der Waals surface area contributed by atoms with Crippen LogP contribution in [0.15, 0.2) is 0 Å². The fraction of sp³-hybridized carbons (Fsp3) is 1.00. The van der Waals surface area contributed by atoms with Crippen molar-refractivity contribution in [3.8, 4) is 0 Å². The topological polar surface area (TPSA) is 46.6 Å². The van der Waals surface area contributed by atoms with Crippen molar-refractivity contribution in [1.82, 2.24) is 4.31 Å². The van der Waals surface area contributed by atoms with Crippen LogP contribution in [-0.2, 0) is 14.8 Å².